The largest absolute Gasteiger partial charge is 0.497 e. The lowest BCUT2D eigenvalue weighted by Crippen LogP contribution is -2.06. The minimum atomic E-state index is -0.424. The topological polar surface area (TPSA) is 44.8 Å². The van der Waals surface area contributed by atoms with Crippen molar-refractivity contribution < 1.29 is 19.0 Å². The molecule has 0 amide bonds. The first-order valence-corrected chi connectivity index (χ1v) is 7.06. The van der Waals surface area contributed by atoms with E-state index in [1.165, 1.54) is 14.2 Å². The van der Waals surface area contributed by atoms with Crippen LogP contribution in [0.1, 0.15) is 15.9 Å². The van der Waals surface area contributed by atoms with Crippen LogP contribution >= 0.6 is 15.9 Å². The Kier molecular flexibility index (Phi) is 5.22. The maximum Gasteiger partial charge on any atom is 0.338 e. The van der Waals surface area contributed by atoms with E-state index < -0.39 is 5.97 Å². The van der Waals surface area contributed by atoms with E-state index in [1.807, 2.05) is 24.3 Å². The number of methoxy groups -OCH3 is 2. The van der Waals surface area contributed by atoms with Crippen LogP contribution in [0.15, 0.2) is 46.9 Å². The Bertz CT molecular complexity index is 618. The zero-order valence-corrected chi connectivity index (χ0v) is 13.3. The number of hydrogen-bond donors (Lipinski definition) is 0. The summed E-state index contributed by atoms with van der Waals surface area (Å²) in [5.41, 5.74) is 1.30. The standard InChI is InChI=1S/C16H15BrO4/c1-19-14-7-12(8-15(9-14)20-2)16(18)21-10-11-4-3-5-13(17)6-11/h3-9H,10H2,1-2H3. The average Bonchev–Trinajstić information content (AvgIpc) is 2.52. The van der Waals surface area contributed by atoms with E-state index in [1.54, 1.807) is 18.2 Å². The van der Waals surface area contributed by atoms with Gasteiger partial charge in [0.2, 0.25) is 0 Å². The third-order valence-corrected chi connectivity index (χ3v) is 3.34. The molecule has 2 aromatic carbocycles. The highest BCUT2D eigenvalue weighted by molar-refractivity contribution is 9.10. The lowest BCUT2D eigenvalue weighted by Gasteiger charge is -2.09. The van der Waals surface area contributed by atoms with Crippen LogP contribution in [-0.2, 0) is 11.3 Å². The molecule has 5 heteroatoms. The van der Waals surface area contributed by atoms with Crippen molar-refractivity contribution in [3.63, 3.8) is 0 Å². The van der Waals surface area contributed by atoms with Crippen molar-refractivity contribution in [3.8, 4) is 11.5 Å². The Balaban J connectivity index is 2.09. The molecule has 0 fully saturated rings. The van der Waals surface area contributed by atoms with E-state index in [0.717, 1.165) is 10.0 Å². The third-order valence-electron chi connectivity index (χ3n) is 2.85. The Hall–Kier alpha value is -2.01. The smallest absolute Gasteiger partial charge is 0.338 e. The van der Waals surface area contributed by atoms with Crippen LogP contribution < -0.4 is 9.47 Å². The molecule has 0 bridgehead atoms. The molecule has 0 aromatic heterocycles. The second-order valence-electron chi connectivity index (χ2n) is 4.31. The number of carbonyl (C=O) groups excluding carboxylic acids is 1. The first-order chi connectivity index (χ1) is 10.1. The maximum absolute atomic E-state index is 12.1. The van der Waals surface area contributed by atoms with Crippen molar-refractivity contribution >= 4 is 21.9 Å². The number of esters is 1. The minimum absolute atomic E-state index is 0.206. The van der Waals surface area contributed by atoms with Crippen LogP contribution in [0.5, 0.6) is 11.5 Å². The minimum Gasteiger partial charge on any atom is -0.497 e. The predicted octanol–water partition coefficient (Wildman–Crippen LogP) is 3.82. The quantitative estimate of drug-likeness (QED) is 0.769. The van der Waals surface area contributed by atoms with E-state index in [0.29, 0.717) is 17.1 Å². The summed E-state index contributed by atoms with van der Waals surface area (Å²) in [4.78, 5) is 12.1. The fraction of sp³-hybridized carbons (Fsp3) is 0.188. The summed E-state index contributed by atoms with van der Waals surface area (Å²) in [6, 6.07) is 12.5. The van der Waals surface area contributed by atoms with Crippen molar-refractivity contribution in [1.82, 2.24) is 0 Å². The number of benzene rings is 2. The lowest BCUT2D eigenvalue weighted by molar-refractivity contribution is 0.0472. The molecular weight excluding hydrogens is 336 g/mol. The summed E-state index contributed by atoms with van der Waals surface area (Å²) in [7, 11) is 3.07. The highest BCUT2D eigenvalue weighted by atomic mass is 79.9. The van der Waals surface area contributed by atoms with Gasteiger partial charge in [-0.25, -0.2) is 4.79 Å². The van der Waals surface area contributed by atoms with Gasteiger partial charge in [-0.3, -0.25) is 0 Å². The second kappa shape index (κ2) is 7.13. The van der Waals surface area contributed by atoms with Crippen LogP contribution in [0.2, 0.25) is 0 Å². The van der Waals surface area contributed by atoms with Gasteiger partial charge >= 0.3 is 5.97 Å². The van der Waals surface area contributed by atoms with Crippen molar-refractivity contribution in [2.45, 2.75) is 6.61 Å². The summed E-state index contributed by atoms with van der Waals surface area (Å²) in [5.74, 6) is 0.666. The molecule has 0 atom stereocenters. The van der Waals surface area contributed by atoms with Gasteiger partial charge in [-0.2, -0.15) is 0 Å². The first-order valence-electron chi connectivity index (χ1n) is 6.27. The second-order valence-corrected chi connectivity index (χ2v) is 5.22. The first kappa shape index (κ1) is 15.4. The number of ether oxygens (including phenoxy) is 3. The van der Waals surface area contributed by atoms with Crippen LogP contribution in [0.3, 0.4) is 0 Å². The van der Waals surface area contributed by atoms with E-state index >= 15 is 0 Å². The molecule has 0 unspecified atom stereocenters. The molecule has 2 aromatic rings. The van der Waals surface area contributed by atoms with Crippen molar-refractivity contribution in [1.29, 1.82) is 0 Å². The van der Waals surface area contributed by atoms with Gasteiger partial charge in [-0.05, 0) is 29.8 Å². The molecule has 4 nitrogen and oxygen atoms in total. The van der Waals surface area contributed by atoms with Gasteiger partial charge in [-0.1, -0.05) is 28.1 Å². The van der Waals surface area contributed by atoms with Crippen LogP contribution in [0, 0.1) is 0 Å². The number of halogens is 1. The van der Waals surface area contributed by atoms with Crippen molar-refractivity contribution in [2.75, 3.05) is 14.2 Å². The Morgan fingerprint density at radius 3 is 2.29 bits per heavy atom. The summed E-state index contributed by atoms with van der Waals surface area (Å²) >= 11 is 3.38. The Morgan fingerprint density at radius 1 is 1.05 bits per heavy atom. The molecule has 21 heavy (non-hydrogen) atoms. The maximum atomic E-state index is 12.1. The molecule has 0 radical (unpaired) electrons. The SMILES string of the molecule is COc1cc(OC)cc(C(=O)OCc2cccc(Br)c2)c1. The molecule has 0 aliphatic rings. The van der Waals surface area contributed by atoms with Gasteiger partial charge in [0, 0.05) is 10.5 Å². The van der Waals surface area contributed by atoms with Gasteiger partial charge < -0.3 is 14.2 Å². The van der Waals surface area contributed by atoms with E-state index in [2.05, 4.69) is 15.9 Å². The van der Waals surface area contributed by atoms with E-state index in [4.69, 9.17) is 14.2 Å². The van der Waals surface area contributed by atoms with Gasteiger partial charge in [0.15, 0.2) is 0 Å². The lowest BCUT2D eigenvalue weighted by atomic mass is 10.2. The molecule has 0 aliphatic carbocycles. The number of rotatable bonds is 5. The van der Waals surface area contributed by atoms with E-state index in [-0.39, 0.29) is 6.61 Å². The van der Waals surface area contributed by atoms with Crippen molar-refractivity contribution in [2.24, 2.45) is 0 Å². The summed E-state index contributed by atoms with van der Waals surface area (Å²) < 4.78 is 16.5. The molecule has 0 aliphatic heterocycles. The number of hydrogen-bond acceptors (Lipinski definition) is 4. The molecule has 2 rings (SSSR count). The third kappa shape index (κ3) is 4.23. The summed E-state index contributed by atoms with van der Waals surface area (Å²) in [5, 5.41) is 0. The van der Waals surface area contributed by atoms with Gasteiger partial charge in [0.25, 0.3) is 0 Å². The van der Waals surface area contributed by atoms with Crippen LogP contribution in [-0.4, -0.2) is 20.2 Å². The summed E-state index contributed by atoms with van der Waals surface area (Å²) in [6.07, 6.45) is 0. The van der Waals surface area contributed by atoms with Gasteiger partial charge in [-0.15, -0.1) is 0 Å². The van der Waals surface area contributed by atoms with Crippen LogP contribution in [0.4, 0.5) is 0 Å². The molecule has 0 saturated heterocycles. The van der Waals surface area contributed by atoms with Crippen LogP contribution in [0.25, 0.3) is 0 Å². The normalized spacial score (nSPS) is 10.0. The van der Waals surface area contributed by atoms with Gasteiger partial charge in [0.1, 0.15) is 18.1 Å². The zero-order valence-electron chi connectivity index (χ0n) is 11.8. The fourth-order valence-electron chi connectivity index (χ4n) is 1.78. The highest BCUT2D eigenvalue weighted by Crippen LogP contribution is 2.23. The zero-order chi connectivity index (χ0) is 15.2. The molecule has 0 heterocycles. The average molecular weight is 351 g/mol. The fourth-order valence-corrected chi connectivity index (χ4v) is 2.23. The molecule has 0 spiro atoms. The Labute approximate surface area is 131 Å². The highest BCUT2D eigenvalue weighted by Gasteiger charge is 2.11. The molecular formula is C16H15BrO4. The monoisotopic (exact) mass is 350 g/mol. The van der Waals surface area contributed by atoms with Gasteiger partial charge in [0.05, 0.1) is 19.8 Å². The Morgan fingerprint density at radius 2 is 1.71 bits per heavy atom. The molecule has 0 N–H and O–H groups in total. The number of carbonyl (C=O) groups is 1. The van der Waals surface area contributed by atoms with Crippen molar-refractivity contribution in [3.05, 3.63) is 58.1 Å². The van der Waals surface area contributed by atoms with E-state index in [9.17, 15) is 4.79 Å². The summed E-state index contributed by atoms with van der Waals surface area (Å²) in [6.45, 7) is 0.206. The molecule has 0 saturated carbocycles. The molecule has 110 valence electrons. The predicted molar refractivity (Wildman–Crippen MR) is 82.8 cm³/mol.